The summed E-state index contributed by atoms with van der Waals surface area (Å²) in [4.78, 5) is 2.56. The molecule has 2 N–H and O–H groups in total. The fraction of sp³-hybridized carbons (Fsp3) is 0.625. The van der Waals surface area contributed by atoms with Crippen LogP contribution in [0.3, 0.4) is 0 Å². The second-order valence-corrected chi connectivity index (χ2v) is 7.87. The lowest BCUT2D eigenvalue weighted by molar-refractivity contribution is 0.123. The van der Waals surface area contributed by atoms with Crippen LogP contribution in [0.15, 0.2) is 21.1 Å². The molecule has 1 saturated carbocycles. The first kappa shape index (κ1) is 21.5. The lowest BCUT2D eigenvalue weighted by atomic mass is 9.89. The van der Waals surface area contributed by atoms with Gasteiger partial charge < -0.3 is 10.4 Å². The summed E-state index contributed by atoms with van der Waals surface area (Å²) in [5.41, 5.74) is 1.07. The predicted octanol–water partition coefficient (Wildman–Crippen LogP) is 4.90. The Labute approximate surface area is 167 Å². The zero-order valence-electron chi connectivity index (χ0n) is 12.9. The first-order valence-corrected chi connectivity index (χ1v) is 9.38. The van der Waals surface area contributed by atoms with Crippen molar-refractivity contribution in [2.45, 2.75) is 31.7 Å². The number of halogens is 4. The van der Waals surface area contributed by atoms with Gasteiger partial charge in [-0.2, -0.15) is 0 Å². The van der Waals surface area contributed by atoms with Crippen LogP contribution < -0.4 is 5.32 Å². The number of benzene rings is 1. The molecule has 0 radical (unpaired) electrons. The van der Waals surface area contributed by atoms with E-state index in [0.29, 0.717) is 17.7 Å². The molecule has 7 heteroatoms. The Morgan fingerprint density at radius 2 is 1.70 bits per heavy atom. The summed E-state index contributed by atoms with van der Waals surface area (Å²) in [5.74, 6) is 1.07. The maximum absolute atomic E-state index is 10.6. The molecule has 1 atom stereocenters. The molecule has 0 aromatic heterocycles. The Balaban J connectivity index is 0.00000132. The molecule has 0 amide bonds. The molecule has 3 rings (SSSR count). The molecule has 0 unspecified atom stereocenters. The highest BCUT2D eigenvalue weighted by atomic mass is 79.9. The van der Waals surface area contributed by atoms with Crippen LogP contribution in [0.25, 0.3) is 0 Å². The van der Waals surface area contributed by atoms with Crippen LogP contribution in [0.2, 0.25) is 0 Å². The van der Waals surface area contributed by atoms with Crippen LogP contribution in [0.5, 0.6) is 5.75 Å². The number of hydrogen-bond acceptors (Lipinski definition) is 3. The minimum atomic E-state index is 0. The number of nitrogens with one attached hydrogen (secondary N) is 1. The van der Waals surface area contributed by atoms with Gasteiger partial charge in [0.1, 0.15) is 5.75 Å². The molecule has 1 aromatic carbocycles. The molecule has 1 aliphatic heterocycles. The Morgan fingerprint density at radius 1 is 1.09 bits per heavy atom. The van der Waals surface area contributed by atoms with Crippen molar-refractivity contribution in [1.29, 1.82) is 0 Å². The number of piperazine rings is 1. The number of aromatic hydroxyl groups is 1. The van der Waals surface area contributed by atoms with Gasteiger partial charge in [-0.15, -0.1) is 24.8 Å². The van der Waals surface area contributed by atoms with E-state index in [1.807, 2.05) is 6.07 Å². The van der Waals surface area contributed by atoms with Crippen molar-refractivity contribution in [2.75, 3.05) is 26.2 Å². The largest absolute Gasteiger partial charge is 0.506 e. The number of phenolic OH excluding ortho intramolecular Hbond substituents is 1. The normalized spacial score (nSPS) is 20.6. The van der Waals surface area contributed by atoms with Crippen LogP contribution >= 0.6 is 56.7 Å². The predicted molar refractivity (Wildman–Crippen MR) is 107 cm³/mol. The number of rotatable bonds is 3. The van der Waals surface area contributed by atoms with E-state index in [1.54, 1.807) is 0 Å². The molecule has 23 heavy (non-hydrogen) atoms. The Hall–Kier alpha value is 0.480. The van der Waals surface area contributed by atoms with E-state index in [4.69, 9.17) is 0 Å². The zero-order valence-corrected chi connectivity index (χ0v) is 17.7. The first-order chi connectivity index (χ1) is 10.2. The standard InChI is InChI=1S/C16H22Br2N2O.2ClH/c17-12-9-13(16(21)14(18)10-12)15(11-3-1-2-4-11)20-7-5-19-6-8-20;;/h9-11,15,19,21H,1-8H2;2*1H/t15-;;/m1../s1. The summed E-state index contributed by atoms with van der Waals surface area (Å²) in [7, 11) is 0. The van der Waals surface area contributed by atoms with Gasteiger partial charge in [0, 0.05) is 42.3 Å². The summed E-state index contributed by atoms with van der Waals surface area (Å²) < 4.78 is 1.81. The molecule has 0 spiro atoms. The molecule has 132 valence electrons. The van der Waals surface area contributed by atoms with Gasteiger partial charge >= 0.3 is 0 Å². The molecule has 3 nitrogen and oxygen atoms in total. The Kier molecular flexibility index (Phi) is 9.20. The molecule has 0 bridgehead atoms. The quantitative estimate of drug-likeness (QED) is 0.632. The van der Waals surface area contributed by atoms with Crippen molar-refractivity contribution >= 4 is 56.7 Å². The fourth-order valence-electron chi connectivity index (χ4n) is 3.79. The summed E-state index contributed by atoms with van der Waals surface area (Å²) in [6.45, 7) is 4.20. The van der Waals surface area contributed by atoms with Crippen molar-refractivity contribution in [3.05, 3.63) is 26.6 Å². The topological polar surface area (TPSA) is 35.5 Å². The third-order valence-electron chi connectivity index (χ3n) is 4.77. The van der Waals surface area contributed by atoms with Gasteiger partial charge in [-0.1, -0.05) is 28.8 Å². The zero-order chi connectivity index (χ0) is 14.8. The summed E-state index contributed by atoms with van der Waals surface area (Å²) in [5, 5.41) is 14.0. The maximum Gasteiger partial charge on any atom is 0.134 e. The van der Waals surface area contributed by atoms with Crippen molar-refractivity contribution in [2.24, 2.45) is 5.92 Å². The third-order valence-corrected chi connectivity index (χ3v) is 5.83. The average Bonchev–Trinajstić information content (AvgIpc) is 2.99. The molecule has 1 aliphatic carbocycles. The monoisotopic (exact) mass is 488 g/mol. The van der Waals surface area contributed by atoms with Crippen LogP contribution in [0.4, 0.5) is 0 Å². The molecule has 1 saturated heterocycles. The first-order valence-electron chi connectivity index (χ1n) is 7.79. The van der Waals surface area contributed by atoms with Crippen molar-refractivity contribution in [1.82, 2.24) is 10.2 Å². The van der Waals surface area contributed by atoms with Gasteiger partial charge in [-0.3, -0.25) is 4.90 Å². The fourth-order valence-corrected chi connectivity index (χ4v) is 5.05. The molecular formula is C16H24Br2Cl2N2O. The van der Waals surface area contributed by atoms with Crippen LogP contribution in [-0.4, -0.2) is 36.2 Å². The molecule has 2 fully saturated rings. The van der Waals surface area contributed by atoms with E-state index in [0.717, 1.165) is 40.7 Å². The molecular weight excluding hydrogens is 467 g/mol. The molecule has 2 aliphatic rings. The summed E-state index contributed by atoms with van der Waals surface area (Å²) in [6.07, 6.45) is 5.20. The SMILES string of the molecule is Cl.Cl.Oc1c(Br)cc(Br)cc1[C@@H](C1CCCC1)N1CCNCC1. The Morgan fingerprint density at radius 3 is 2.30 bits per heavy atom. The lowest BCUT2D eigenvalue weighted by Gasteiger charge is -2.39. The Bertz CT molecular complexity index is 507. The summed E-state index contributed by atoms with van der Waals surface area (Å²) in [6, 6.07) is 4.36. The third kappa shape index (κ3) is 4.99. The number of nitrogens with zero attached hydrogens (tertiary/aromatic N) is 1. The van der Waals surface area contributed by atoms with E-state index in [-0.39, 0.29) is 24.8 Å². The van der Waals surface area contributed by atoms with Crippen LogP contribution in [0, 0.1) is 5.92 Å². The van der Waals surface area contributed by atoms with E-state index in [1.165, 1.54) is 25.7 Å². The van der Waals surface area contributed by atoms with Crippen LogP contribution in [0.1, 0.15) is 37.3 Å². The second-order valence-electron chi connectivity index (χ2n) is 6.10. The minimum Gasteiger partial charge on any atom is -0.506 e. The van der Waals surface area contributed by atoms with Gasteiger partial charge in [-0.25, -0.2) is 0 Å². The molecule has 1 aromatic rings. The highest BCUT2D eigenvalue weighted by Gasteiger charge is 2.34. The highest BCUT2D eigenvalue weighted by Crippen LogP contribution is 2.45. The van der Waals surface area contributed by atoms with Gasteiger partial charge in [0.2, 0.25) is 0 Å². The second kappa shape index (κ2) is 9.83. The van der Waals surface area contributed by atoms with Gasteiger partial charge in [0.15, 0.2) is 0 Å². The summed E-state index contributed by atoms with van der Waals surface area (Å²) >= 11 is 7.06. The van der Waals surface area contributed by atoms with E-state index < -0.39 is 0 Å². The van der Waals surface area contributed by atoms with Crippen molar-refractivity contribution < 1.29 is 5.11 Å². The van der Waals surface area contributed by atoms with Crippen molar-refractivity contribution in [3.8, 4) is 5.75 Å². The van der Waals surface area contributed by atoms with E-state index in [9.17, 15) is 5.11 Å². The minimum absolute atomic E-state index is 0. The average molecular weight is 491 g/mol. The number of phenols is 1. The van der Waals surface area contributed by atoms with Gasteiger partial charge in [0.25, 0.3) is 0 Å². The van der Waals surface area contributed by atoms with E-state index >= 15 is 0 Å². The maximum atomic E-state index is 10.6. The van der Waals surface area contributed by atoms with Gasteiger partial charge in [0.05, 0.1) is 4.47 Å². The highest BCUT2D eigenvalue weighted by molar-refractivity contribution is 9.11. The molecule has 1 heterocycles. The van der Waals surface area contributed by atoms with Crippen molar-refractivity contribution in [3.63, 3.8) is 0 Å². The van der Waals surface area contributed by atoms with Crippen LogP contribution in [-0.2, 0) is 0 Å². The van der Waals surface area contributed by atoms with Gasteiger partial charge in [-0.05, 0) is 46.8 Å². The smallest absolute Gasteiger partial charge is 0.134 e. The van der Waals surface area contributed by atoms with E-state index in [2.05, 4.69) is 48.1 Å². The number of hydrogen-bond donors (Lipinski definition) is 2. The lowest BCUT2D eigenvalue weighted by Crippen LogP contribution is -2.46.